The van der Waals surface area contributed by atoms with Crippen molar-refractivity contribution < 1.29 is 22.4 Å². The number of imidazole rings is 1. The summed E-state index contributed by atoms with van der Waals surface area (Å²) in [5.74, 6) is -2.76. The van der Waals surface area contributed by atoms with Crippen molar-refractivity contribution in [2.24, 2.45) is 0 Å². The number of aromatic nitrogens is 4. The quantitative estimate of drug-likeness (QED) is 0.266. The molecule has 1 amide bonds. The van der Waals surface area contributed by atoms with Gasteiger partial charge >= 0.3 is 6.18 Å². The number of hydrogen-bond donors (Lipinski definition) is 0. The summed E-state index contributed by atoms with van der Waals surface area (Å²) in [5, 5.41) is 5.41. The molecule has 12 heteroatoms. The molecule has 0 spiro atoms. The minimum atomic E-state index is -4.67. The van der Waals surface area contributed by atoms with E-state index in [0.29, 0.717) is 22.0 Å². The molecule has 3 heterocycles. The lowest BCUT2D eigenvalue weighted by molar-refractivity contribution is -0.147. The highest BCUT2D eigenvalue weighted by atomic mass is 35.5. The van der Waals surface area contributed by atoms with Gasteiger partial charge in [-0.25, -0.2) is 14.1 Å². The number of carbonyl (C=O) groups is 1. The van der Waals surface area contributed by atoms with E-state index in [4.69, 9.17) is 11.6 Å². The van der Waals surface area contributed by atoms with Gasteiger partial charge in [0.15, 0.2) is 0 Å². The lowest BCUT2D eigenvalue weighted by Gasteiger charge is -2.30. The van der Waals surface area contributed by atoms with Crippen molar-refractivity contribution in [3.05, 3.63) is 99.2 Å². The Morgan fingerprint density at radius 3 is 2.53 bits per heavy atom. The molecule has 38 heavy (non-hydrogen) atoms. The molecule has 0 aliphatic carbocycles. The van der Waals surface area contributed by atoms with Crippen LogP contribution >= 0.6 is 11.6 Å². The van der Waals surface area contributed by atoms with Gasteiger partial charge in [0.2, 0.25) is 5.82 Å². The van der Waals surface area contributed by atoms with Crippen LogP contribution in [-0.4, -0.2) is 36.7 Å². The molecule has 4 aromatic rings. The molecule has 2 aromatic heterocycles. The van der Waals surface area contributed by atoms with Crippen molar-refractivity contribution in [3.63, 3.8) is 0 Å². The number of alkyl halides is 4. The molecule has 0 N–H and O–H groups in total. The van der Waals surface area contributed by atoms with Crippen LogP contribution in [0.2, 0.25) is 0 Å². The summed E-state index contributed by atoms with van der Waals surface area (Å²) in [4.78, 5) is 30.8. The number of carbonyl (C=O) groups excluding carboxylic acids is 1. The number of halogens is 5. The molecule has 0 atom stereocenters. The van der Waals surface area contributed by atoms with Gasteiger partial charge in [0.05, 0.1) is 40.5 Å². The Bertz CT molecular complexity index is 1640. The van der Waals surface area contributed by atoms with Crippen molar-refractivity contribution in [1.82, 2.24) is 24.2 Å². The number of benzene rings is 2. The number of amides is 1. The molecule has 196 valence electrons. The van der Waals surface area contributed by atoms with E-state index in [2.05, 4.69) is 16.7 Å². The van der Waals surface area contributed by atoms with Gasteiger partial charge in [-0.05, 0) is 23.8 Å². The van der Waals surface area contributed by atoms with Gasteiger partial charge in [-0.1, -0.05) is 30.8 Å². The molecular formula is C26H20ClF4N5O2. The monoisotopic (exact) mass is 545 g/mol. The first kappa shape index (κ1) is 25.7. The SMILES string of the molecule is C=Cn1nc(Cc2ccc(F)c(C(=O)N3CCn4c(C(F)(F)F)nc(CCl)c4C3)c2)c2ccccc2c1=O. The summed E-state index contributed by atoms with van der Waals surface area (Å²) in [5.41, 5.74) is 0.735. The molecule has 0 radical (unpaired) electrons. The highest BCUT2D eigenvalue weighted by Crippen LogP contribution is 2.33. The summed E-state index contributed by atoms with van der Waals surface area (Å²) >= 11 is 5.83. The van der Waals surface area contributed by atoms with Crippen molar-refractivity contribution in [2.75, 3.05) is 6.54 Å². The number of hydrogen-bond acceptors (Lipinski definition) is 4. The Kier molecular flexibility index (Phi) is 6.56. The zero-order valence-corrected chi connectivity index (χ0v) is 20.6. The van der Waals surface area contributed by atoms with Crippen molar-refractivity contribution in [1.29, 1.82) is 0 Å². The highest BCUT2D eigenvalue weighted by molar-refractivity contribution is 6.17. The molecule has 5 rings (SSSR count). The summed E-state index contributed by atoms with van der Waals surface area (Å²) in [7, 11) is 0. The van der Waals surface area contributed by atoms with Crippen LogP contribution in [0.15, 0.2) is 53.8 Å². The fourth-order valence-electron chi connectivity index (χ4n) is 4.67. The van der Waals surface area contributed by atoms with E-state index in [1.165, 1.54) is 23.2 Å². The highest BCUT2D eigenvalue weighted by Gasteiger charge is 2.40. The average Bonchev–Trinajstić information content (AvgIpc) is 3.29. The summed E-state index contributed by atoms with van der Waals surface area (Å²) in [6.45, 7) is 3.21. The fourth-order valence-corrected chi connectivity index (χ4v) is 4.88. The van der Waals surface area contributed by atoms with E-state index in [9.17, 15) is 27.2 Å². The van der Waals surface area contributed by atoms with Crippen LogP contribution in [0.5, 0.6) is 0 Å². The Morgan fingerprint density at radius 2 is 1.84 bits per heavy atom. The van der Waals surface area contributed by atoms with Crippen LogP contribution in [0.4, 0.5) is 17.6 Å². The van der Waals surface area contributed by atoms with E-state index in [-0.39, 0.29) is 54.4 Å². The van der Waals surface area contributed by atoms with Gasteiger partial charge in [-0.15, -0.1) is 11.6 Å². The molecule has 1 aliphatic heterocycles. The van der Waals surface area contributed by atoms with Crippen LogP contribution in [0.3, 0.4) is 0 Å². The second kappa shape index (κ2) is 9.71. The van der Waals surface area contributed by atoms with Crippen LogP contribution < -0.4 is 5.56 Å². The Balaban J connectivity index is 1.47. The second-order valence-corrected chi connectivity index (χ2v) is 9.02. The van der Waals surface area contributed by atoms with Crippen molar-refractivity contribution in [3.8, 4) is 0 Å². The first-order valence-corrected chi connectivity index (χ1v) is 12.1. The number of fused-ring (bicyclic) bond motifs is 2. The molecule has 0 fully saturated rings. The average molecular weight is 546 g/mol. The maximum atomic E-state index is 14.8. The summed E-state index contributed by atoms with van der Waals surface area (Å²) in [6, 6.07) is 11.0. The minimum absolute atomic E-state index is 0.0287. The lowest BCUT2D eigenvalue weighted by atomic mass is 10.0. The predicted molar refractivity (Wildman–Crippen MR) is 133 cm³/mol. The van der Waals surface area contributed by atoms with E-state index in [0.717, 1.165) is 15.3 Å². The standard InChI is InChI=1S/C26H20ClF4N5O2/c1-2-36-24(38)17-6-4-3-5-16(17)20(33-36)12-15-7-8-19(28)18(11-15)23(37)34-9-10-35-22(14-34)21(13-27)32-25(35)26(29,30)31/h2-8,11H,1,9-10,12-14H2. The lowest BCUT2D eigenvalue weighted by Crippen LogP contribution is -2.39. The smallest absolute Gasteiger partial charge is 0.331 e. The number of nitrogens with zero attached hydrogens (tertiary/aromatic N) is 5. The van der Waals surface area contributed by atoms with Crippen LogP contribution in [-0.2, 0) is 31.6 Å². The fraction of sp³-hybridized carbons (Fsp3) is 0.231. The summed E-state index contributed by atoms with van der Waals surface area (Å²) < 4.78 is 57.2. The first-order chi connectivity index (χ1) is 18.1. The Hall–Kier alpha value is -3.99. The van der Waals surface area contributed by atoms with Crippen LogP contribution in [0.1, 0.15) is 38.8 Å². The van der Waals surface area contributed by atoms with E-state index in [1.54, 1.807) is 24.3 Å². The normalized spacial score (nSPS) is 13.6. The second-order valence-electron chi connectivity index (χ2n) is 8.75. The van der Waals surface area contributed by atoms with E-state index >= 15 is 0 Å². The molecule has 7 nitrogen and oxygen atoms in total. The van der Waals surface area contributed by atoms with E-state index in [1.807, 2.05) is 0 Å². The third kappa shape index (κ3) is 4.47. The molecular weight excluding hydrogens is 526 g/mol. The molecule has 0 saturated heterocycles. The maximum Gasteiger partial charge on any atom is 0.449 e. The Morgan fingerprint density at radius 1 is 1.11 bits per heavy atom. The molecule has 0 saturated carbocycles. The first-order valence-electron chi connectivity index (χ1n) is 11.5. The molecule has 2 aromatic carbocycles. The zero-order valence-electron chi connectivity index (χ0n) is 19.8. The topological polar surface area (TPSA) is 73.0 Å². The maximum absolute atomic E-state index is 14.8. The van der Waals surface area contributed by atoms with Gasteiger partial charge < -0.3 is 9.47 Å². The van der Waals surface area contributed by atoms with Crippen LogP contribution in [0.25, 0.3) is 17.0 Å². The van der Waals surface area contributed by atoms with Gasteiger partial charge in [-0.3, -0.25) is 9.59 Å². The summed E-state index contributed by atoms with van der Waals surface area (Å²) in [6.07, 6.45) is -3.19. The van der Waals surface area contributed by atoms with Crippen LogP contribution in [0, 0.1) is 5.82 Å². The van der Waals surface area contributed by atoms with Crippen molar-refractivity contribution >= 4 is 34.5 Å². The van der Waals surface area contributed by atoms with E-state index < -0.39 is 23.7 Å². The van der Waals surface area contributed by atoms with Gasteiger partial charge in [-0.2, -0.15) is 18.3 Å². The zero-order chi connectivity index (χ0) is 27.2. The van der Waals surface area contributed by atoms with Crippen molar-refractivity contribution in [2.45, 2.75) is 31.6 Å². The van der Waals surface area contributed by atoms with Gasteiger partial charge in [0, 0.05) is 31.1 Å². The largest absolute Gasteiger partial charge is 0.449 e. The Labute approximate surface area is 218 Å². The molecule has 1 aliphatic rings. The predicted octanol–water partition coefficient (Wildman–Crippen LogP) is 4.84. The molecule has 0 unspecified atom stereocenters. The third-order valence-electron chi connectivity index (χ3n) is 6.47. The third-order valence-corrected chi connectivity index (χ3v) is 6.72. The minimum Gasteiger partial charge on any atom is -0.331 e. The molecule has 0 bridgehead atoms. The van der Waals surface area contributed by atoms with Gasteiger partial charge in [0.25, 0.3) is 11.5 Å². The number of rotatable bonds is 5. The van der Waals surface area contributed by atoms with Gasteiger partial charge in [0.1, 0.15) is 5.82 Å².